The molecule has 1 aromatic carbocycles. The third kappa shape index (κ3) is 6.19. The van der Waals surface area contributed by atoms with Crippen LogP contribution < -0.4 is 0 Å². The lowest BCUT2D eigenvalue weighted by Gasteiger charge is -2.49. The molecule has 2 saturated carbocycles. The molecule has 51 heavy (non-hydrogen) atoms. The van der Waals surface area contributed by atoms with E-state index in [9.17, 15) is 29.7 Å². The first-order valence-corrected chi connectivity index (χ1v) is 18.7. The maximum atomic E-state index is 15.2. The lowest BCUT2D eigenvalue weighted by atomic mass is 9.58. The van der Waals surface area contributed by atoms with Gasteiger partial charge in [0.1, 0.15) is 18.3 Å². The molecule has 0 amide bonds. The van der Waals surface area contributed by atoms with Crippen molar-refractivity contribution in [1.29, 1.82) is 0 Å². The van der Waals surface area contributed by atoms with Crippen LogP contribution in [0.3, 0.4) is 0 Å². The van der Waals surface area contributed by atoms with E-state index in [0.29, 0.717) is 17.6 Å². The molecule has 1 spiro atoms. The molecular weight excluding hydrogens is 652 g/mol. The minimum Gasteiger partial charge on any atom is -0.461 e. The number of aliphatic hydroxyl groups is 3. The zero-order valence-corrected chi connectivity index (χ0v) is 31.1. The van der Waals surface area contributed by atoms with Crippen molar-refractivity contribution < 1.29 is 48.7 Å². The maximum Gasteiger partial charge on any atom is 0.338 e. The number of carbonyl (C=O) groups excluding carboxylic acids is 4. The Morgan fingerprint density at radius 2 is 1.71 bits per heavy atom. The van der Waals surface area contributed by atoms with Gasteiger partial charge in [-0.25, -0.2) is 4.79 Å². The highest BCUT2D eigenvalue weighted by Crippen LogP contribution is 2.75. The van der Waals surface area contributed by atoms with E-state index in [1.807, 2.05) is 20.8 Å². The van der Waals surface area contributed by atoms with Crippen molar-refractivity contribution in [2.24, 2.45) is 40.4 Å². The number of hydrogen-bond donors (Lipinski definition) is 3. The second-order valence-corrected chi connectivity index (χ2v) is 16.1. The molecule has 2 bridgehead atoms. The number of aliphatic hydroxyl groups excluding tert-OH is 2. The maximum absolute atomic E-state index is 15.2. The molecule has 0 saturated heterocycles. The fraction of sp³-hybridized carbons (Fsp3) is 0.659. The van der Waals surface area contributed by atoms with Crippen LogP contribution in [0.2, 0.25) is 0 Å². The molecule has 10 nitrogen and oxygen atoms in total. The van der Waals surface area contributed by atoms with Crippen LogP contribution in [-0.4, -0.2) is 75.6 Å². The van der Waals surface area contributed by atoms with Crippen LogP contribution in [0.25, 0.3) is 0 Å². The molecule has 2 unspecified atom stereocenters. The number of rotatable bonds is 14. The van der Waals surface area contributed by atoms with E-state index in [0.717, 1.165) is 25.7 Å². The minimum absolute atomic E-state index is 0.000405. The van der Waals surface area contributed by atoms with Gasteiger partial charge in [-0.05, 0) is 54.9 Å². The summed E-state index contributed by atoms with van der Waals surface area (Å²) in [5, 5.41) is 35.5. The Morgan fingerprint density at radius 1 is 1.04 bits per heavy atom. The summed E-state index contributed by atoms with van der Waals surface area (Å²) in [5.41, 5.74) is -5.67. The van der Waals surface area contributed by atoms with Crippen LogP contribution in [0.5, 0.6) is 0 Å². The number of ether oxygens (including phenoxy) is 3. The lowest BCUT2D eigenvalue weighted by Crippen LogP contribution is -2.66. The number of esters is 3. The molecule has 4 aliphatic carbocycles. The third-order valence-corrected chi connectivity index (χ3v) is 12.7. The zero-order valence-electron chi connectivity index (χ0n) is 31.1. The molecule has 0 aromatic heterocycles. The molecule has 2 fully saturated rings. The number of unbranched alkanes of at least 4 members (excludes halogenated alkanes) is 4. The van der Waals surface area contributed by atoms with E-state index in [2.05, 4.69) is 6.92 Å². The minimum atomic E-state index is -2.36. The van der Waals surface area contributed by atoms with Gasteiger partial charge >= 0.3 is 17.9 Å². The van der Waals surface area contributed by atoms with Crippen LogP contribution in [0.15, 0.2) is 53.6 Å². The molecule has 0 aliphatic heterocycles. The van der Waals surface area contributed by atoms with Gasteiger partial charge in [-0.15, -0.1) is 0 Å². The Morgan fingerprint density at radius 3 is 2.33 bits per heavy atom. The van der Waals surface area contributed by atoms with Crippen LogP contribution in [0.4, 0.5) is 0 Å². The van der Waals surface area contributed by atoms with E-state index >= 15 is 4.79 Å². The summed E-state index contributed by atoms with van der Waals surface area (Å²) in [6, 6.07) is 8.53. The second kappa shape index (κ2) is 14.6. The van der Waals surface area contributed by atoms with E-state index in [1.54, 1.807) is 57.2 Å². The van der Waals surface area contributed by atoms with Crippen LogP contribution in [-0.2, 0) is 28.6 Å². The standard InChI is InChI=1S/C41H56O10/c1-8-9-10-11-15-18-31(43)51-40-21-26(5)39-20-25(4)35(50-36(46)27(6)24(2)3)41(39,48)33(44)29(22-42)19-30(34(39)45)32(40)38(40,7)23-49-37(47)28-16-13-12-14-17-28/h12-14,16-17,19-20,24,26-27,30,32-33,35,42,44,48H,8-11,15,18,21-23H2,1-7H3/t26-,27?,30+,32-,33-,35+,38?,39+,40+,41+/m1/s1. The van der Waals surface area contributed by atoms with Crippen molar-refractivity contribution in [2.45, 2.75) is 117 Å². The molecule has 0 heterocycles. The van der Waals surface area contributed by atoms with E-state index in [4.69, 9.17) is 14.2 Å². The van der Waals surface area contributed by atoms with E-state index in [-0.39, 0.29) is 30.9 Å². The summed E-state index contributed by atoms with van der Waals surface area (Å²) < 4.78 is 18.4. The summed E-state index contributed by atoms with van der Waals surface area (Å²) in [5.74, 6) is -5.10. The van der Waals surface area contributed by atoms with Gasteiger partial charge in [0.2, 0.25) is 0 Å². The zero-order chi connectivity index (χ0) is 37.5. The summed E-state index contributed by atoms with van der Waals surface area (Å²) in [6.07, 6.45) is 4.92. The fourth-order valence-electron chi connectivity index (χ4n) is 9.41. The fourth-order valence-corrected chi connectivity index (χ4v) is 9.41. The van der Waals surface area contributed by atoms with Crippen LogP contribution in [0, 0.1) is 40.4 Å². The van der Waals surface area contributed by atoms with Gasteiger partial charge in [0.25, 0.3) is 0 Å². The second-order valence-electron chi connectivity index (χ2n) is 16.1. The van der Waals surface area contributed by atoms with Crippen molar-refractivity contribution in [2.75, 3.05) is 13.2 Å². The van der Waals surface area contributed by atoms with Crippen molar-refractivity contribution in [3.63, 3.8) is 0 Å². The molecule has 1 aromatic rings. The molecule has 0 radical (unpaired) electrons. The average Bonchev–Trinajstić information content (AvgIpc) is 3.54. The Bertz CT molecular complexity index is 1560. The Hall–Kier alpha value is -3.34. The van der Waals surface area contributed by atoms with Crippen LogP contribution in [0.1, 0.15) is 104 Å². The van der Waals surface area contributed by atoms with Gasteiger partial charge in [-0.2, -0.15) is 0 Å². The molecule has 10 atom stereocenters. The first-order valence-electron chi connectivity index (χ1n) is 18.7. The quantitative estimate of drug-likeness (QED) is 0.0973. The molecule has 10 heteroatoms. The number of fused-ring (bicyclic) bond motifs is 3. The first kappa shape index (κ1) is 38.9. The lowest BCUT2D eigenvalue weighted by molar-refractivity contribution is -0.207. The summed E-state index contributed by atoms with van der Waals surface area (Å²) in [4.78, 5) is 55.4. The van der Waals surface area contributed by atoms with Crippen molar-refractivity contribution in [1.82, 2.24) is 0 Å². The van der Waals surface area contributed by atoms with Gasteiger partial charge in [-0.1, -0.05) is 97.6 Å². The van der Waals surface area contributed by atoms with Gasteiger partial charge in [0.05, 0.1) is 23.5 Å². The first-order chi connectivity index (χ1) is 24.1. The normalized spacial score (nSPS) is 35.7. The molecule has 280 valence electrons. The van der Waals surface area contributed by atoms with Gasteiger partial charge < -0.3 is 29.5 Å². The summed E-state index contributed by atoms with van der Waals surface area (Å²) in [6.45, 7) is 12.0. The average molecular weight is 709 g/mol. The van der Waals surface area contributed by atoms with Crippen molar-refractivity contribution >= 4 is 23.7 Å². The van der Waals surface area contributed by atoms with E-state index < -0.39 is 88.2 Å². The third-order valence-electron chi connectivity index (χ3n) is 12.7. The number of allylic oxidation sites excluding steroid dienone is 1. The largest absolute Gasteiger partial charge is 0.461 e. The SMILES string of the molecule is CCCCCCCC(=O)O[C@@]12C[C@@H](C)[C@]34C=C(C)[C@H](OC(=O)C(C)C(C)C)[C@@]3(O)[C@H](O)C(CO)=C[C@H](C4=O)[C@@H]1C2(C)COC(=O)c1ccccc1. The van der Waals surface area contributed by atoms with Gasteiger partial charge in [0, 0.05) is 23.7 Å². The number of carbonyl (C=O) groups is 4. The number of ketones is 1. The summed E-state index contributed by atoms with van der Waals surface area (Å²) in [7, 11) is 0. The summed E-state index contributed by atoms with van der Waals surface area (Å²) >= 11 is 0. The number of Topliss-reactive ketones (excluding diaryl/α,β-unsaturated/α-hetero) is 1. The van der Waals surface area contributed by atoms with E-state index in [1.165, 1.54) is 6.08 Å². The predicted octanol–water partition coefficient (Wildman–Crippen LogP) is 5.52. The van der Waals surface area contributed by atoms with Crippen molar-refractivity contribution in [3.8, 4) is 0 Å². The topological polar surface area (TPSA) is 157 Å². The highest BCUT2D eigenvalue weighted by molar-refractivity contribution is 5.96. The molecular formula is C41H56O10. The monoisotopic (exact) mass is 708 g/mol. The van der Waals surface area contributed by atoms with Crippen molar-refractivity contribution in [3.05, 3.63) is 59.2 Å². The Kier molecular flexibility index (Phi) is 11.1. The number of hydrogen-bond acceptors (Lipinski definition) is 10. The predicted molar refractivity (Wildman–Crippen MR) is 189 cm³/mol. The van der Waals surface area contributed by atoms with Crippen LogP contribution >= 0.6 is 0 Å². The highest BCUT2D eigenvalue weighted by atomic mass is 16.6. The molecule has 3 N–H and O–H groups in total. The Labute approximate surface area is 301 Å². The molecule has 5 rings (SSSR count). The number of benzene rings is 1. The Balaban J connectivity index is 1.58. The highest BCUT2D eigenvalue weighted by Gasteiger charge is 2.85. The smallest absolute Gasteiger partial charge is 0.338 e. The van der Waals surface area contributed by atoms with Gasteiger partial charge in [0.15, 0.2) is 17.5 Å². The molecule has 4 aliphatic rings. The van der Waals surface area contributed by atoms with Gasteiger partial charge in [-0.3, -0.25) is 14.4 Å².